The van der Waals surface area contributed by atoms with Crippen LogP contribution in [0.2, 0.25) is 0 Å². The molecule has 0 unspecified atom stereocenters. The van der Waals surface area contributed by atoms with Crippen molar-refractivity contribution in [2.45, 2.75) is 18.9 Å². The summed E-state index contributed by atoms with van der Waals surface area (Å²) in [4.78, 5) is 17.9. The van der Waals surface area contributed by atoms with Crippen LogP contribution in [-0.2, 0) is 0 Å². The molecule has 1 fully saturated rings. The standard InChI is InChI=1S/C18H22N6O/c1-22(2)16-14(4-3-7-19-16)15-12-21-18-17(20-8-11-24(15)18)23-9-5-13(25)6-10-23/h3-4,7-8,11-13,25H,5-6,9-10H2,1-2H3. The van der Waals surface area contributed by atoms with Gasteiger partial charge in [0.2, 0.25) is 0 Å². The Bertz CT molecular complexity index is 882. The van der Waals surface area contributed by atoms with E-state index in [1.165, 1.54) is 0 Å². The molecule has 0 spiro atoms. The first-order valence-electron chi connectivity index (χ1n) is 8.53. The Hall–Kier alpha value is -2.67. The van der Waals surface area contributed by atoms with E-state index in [9.17, 15) is 5.11 Å². The molecule has 0 radical (unpaired) electrons. The second-order valence-electron chi connectivity index (χ2n) is 6.58. The summed E-state index contributed by atoms with van der Waals surface area (Å²) >= 11 is 0. The van der Waals surface area contributed by atoms with Crippen molar-refractivity contribution >= 4 is 17.3 Å². The molecule has 1 saturated heterocycles. The molecule has 0 aliphatic carbocycles. The van der Waals surface area contributed by atoms with Crippen molar-refractivity contribution in [2.75, 3.05) is 37.0 Å². The largest absolute Gasteiger partial charge is 0.393 e. The molecule has 3 aromatic rings. The molecule has 0 saturated carbocycles. The van der Waals surface area contributed by atoms with Crippen molar-refractivity contribution in [3.8, 4) is 11.3 Å². The van der Waals surface area contributed by atoms with E-state index in [1.54, 1.807) is 6.20 Å². The predicted octanol–water partition coefficient (Wildman–Crippen LogP) is 1.82. The number of rotatable bonds is 3. The van der Waals surface area contributed by atoms with Gasteiger partial charge in [0.25, 0.3) is 0 Å². The number of aliphatic hydroxyl groups excluding tert-OH is 1. The van der Waals surface area contributed by atoms with Gasteiger partial charge in [0.1, 0.15) is 5.82 Å². The number of piperidine rings is 1. The van der Waals surface area contributed by atoms with E-state index < -0.39 is 0 Å². The fourth-order valence-electron chi connectivity index (χ4n) is 3.36. The molecule has 7 heteroatoms. The lowest BCUT2D eigenvalue weighted by atomic mass is 10.1. The third-order valence-corrected chi connectivity index (χ3v) is 4.66. The minimum Gasteiger partial charge on any atom is -0.393 e. The van der Waals surface area contributed by atoms with Gasteiger partial charge in [0.15, 0.2) is 11.5 Å². The average molecular weight is 338 g/mol. The lowest BCUT2D eigenvalue weighted by Crippen LogP contribution is -2.36. The van der Waals surface area contributed by atoms with Crippen molar-refractivity contribution in [1.82, 2.24) is 19.4 Å². The number of fused-ring (bicyclic) bond motifs is 1. The fourth-order valence-corrected chi connectivity index (χ4v) is 3.36. The topological polar surface area (TPSA) is 69.8 Å². The number of aromatic nitrogens is 4. The van der Waals surface area contributed by atoms with Gasteiger partial charge in [0.05, 0.1) is 18.0 Å². The minimum absolute atomic E-state index is 0.204. The molecule has 4 heterocycles. The summed E-state index contributed by atoms with van der Waals surface area (Å²) in [6.45, 7) is 1.59. The first-order valence-corrected chi connectivity index (χ1v) is 8.53. The van der Waals surface area contributed by atoms with Gasteiger partial charge < -0.3 is 14.9 Å². The number of imidazole rings is 1. The van der Waals surface area contributed by atoms with Crippen LogP contribution in [0, 0.1) is 0 Å². The molecule has 1 N–H and O–H groups in total. The van der Waals surface area contributed by atoms with Crippen LogP contribution in [0.15, 0.2) is 36.9 Å². The van der Waals surface area contributed by atoms with E-state index in [0.29, 0.717) is 0 Å². The maximum atomic E-state index is 9.74. The zero-order valence-corrected chi connectivity index (χ0v) is 14.5. The van der Waals surface area contributed by atoms with Crippen molar-refractivity contribution in [2.24, 2.45) is 0 Å². The Labute approximate surface area is 146 Å². The van der Waals surface area contributed by atoms with Crippen LogP contribution >= 0.6 is 0 Å². The van der Waals surface area contributed by atoms with Crippen LogP contribution in [0.25, 0.3) is 16.9 Å². The second-order valence-corrected chi connectivity index (χ2v) is 6.58. The Morgan fingerprint density at radius 3 is 2.68 bits per heavy atom. The highest BCUT2D eigenvalue weighted by molar-refractivity contribution is 5.77. The number of aliphatic hydroxyl groups is 1. The molecule has 0 atom stereocenters. The molecule has 1 aliphatic rings. The molecule has 130 valence electrons. The minimum atomic E-state index is -0.204. The van der Waals surface area contributed by atoms with Gasteiger partial charge >= 0.3 is 0 Å². The van der Waals surface area contributed by atoms with Crippen LogP contribution in [0.1, 0.15) is 12.8 Å². The molecule has 0 amide bonds. The van der Waals surface area contributed by atoms with Gasteiger partial charge in [-0.25, -0.2) is 15.0 Å². The molecule has 1 aliphatic heterocycles. The average Bonchev–Trinajstić information content (AvgIpc) is 3.06. The summed E-state index contributed by atoms with van der Waals surface area (Å²) in [6, 6.07) is 4.00. The molecule has 0 aromatic carbocycles. The number of hydrogen-bond acceptors (Lipinski definition) is 6. The van der Waals surface area contributed by atoms with E-state index in [1.807, 2.05) is 43.7 Å². The lowest BCUT2D eigenvalue weighted by Gasteiger charge is -2.30. The summed E-state index contributed by atoms with van der Waals surface area (Å²) in [5, 5.41) is 9.74. The van der Waals surface area contributed by atoms with Crippen molar-refractivity contribution in [3.63, 3.8) is 0 Å². The number of anilines is 2. The van der Waals surface area contributed by atoms with E-state index in [4.69, 9.17) is 0 Å². The summed E-state index contributed by atoms with van der Waals surface area (Å²) < 4.78 is 2.07. The zero-order chi connectivity index (χ0) is 17.4. The van der Waals surface area contributed by atoms with Crippen LogP contribution in [0.4, 0.5) is 11.6 Å². The maximum absolute atomic E-state index is 9.74. The van der Waals surface area contributed by atoms with Gasteiger partial charge in [-0.15, -0.1) is 0 Å². The van der Waals surface area contributed by atoms with Crippen molar-refractivity contribution in [3.05, 3.63) is 36.9 Å². The molecule has 25 heavy (non-hydrogen) atoms. The zero-order valence-electron chi connectivity index (χ0n) is 14.5. The predicted molar refractivity (Wildman–Crippen MR) is 98.0 cm³/mol. The van der Waals surface area contributed by atoms with Crippen molar-refractivity contribution in [1.29, 1.82) is 0 Å². The molecular formula is C18H22N6O. The van der Waals surface area contributed by atoms with Crippen LogP contribution in [0.5, 0.6) is 0 Å². The maximum Gasteiger partial charge on any atom is 0.180 e. The summed E-state index contributed by atoms with van der Waals surface area (Å²) in [7, 11) is 3.97. The van der Waals surface area contributed by atoms with E-state index in [0.717, 1.165) is 54.5 Å². The Kier molecular flexibility index (Phi) is 4.01. The van der Waals surface area contributed by atoms with Crippen LogP contribution in [-0.4, -0.2) is 57.7 Å². The Balaban J connectivity index is 1.80. The highest BCUT2D eigenvalue weighted by atomic mass is 16.3. The van der Waals surface area contributed by atoms with Crippen molar-refractivity contribution < 1.29 is 5.11 Å². The molecule has 4 rings (SSSR count). The van der Waals surface area contributed by atoms with Gasteiger partial charge in [-0.05, 0) is 25.0 Å². The smallest absolute Gasteiger partial charge is 0.180 e. The normalized spacial score (nSPS) is 15.7. The molecule has 3 aromatic heterocycles. The Morgan fingerprint density at radius 1 is 1.12 bits per heavy atom. The lowest BCUT2D eigenvalue weighted by molar-refractivity contribution is 0.145. The molecular weight excluding hydrogens is 316 g/mol. The highest BCUT2D eigenvalue weighted by Crippen LogP contribution is 2.30. The van der Waals surface area contributed by atoms with E-state index in [-0.39, 0.29) is 6.10 Å². The van der Waals surface area contributed by atoms with E-state index in [2.05, 4.69) is 30.3 Å². The van der Waals surface area contributed by atoms with Gasteiger partial charge in [-0.3, -0.25) is 4.40 Å². The number of hydrogen-bond donors (Lipinski definition) is 1. The van der Waals surface area contributed by atoms with E-state index >= 15 is 0 Å². The number of pyridine rings is 1. The first kappa shape index (κ1) is 15.8. The molecule has 7 nitrogen and oxygen atoms in total. The van der Waals surface area contributed by atoms with Crippen LogP contribution < -0.4 is 9.80 Å². The SMILES string of the molecule is CN(C)c1ncccc1-c1cnc2c(N3CCC(O)CC3)nccn12. The summed E-state index contributed by atoms with van der Waals surface area (Å²) in [5.74, 6) is 1.78. The van der Waals surface area contributed by atoms with Gasteiger partial charge in [-0.2, -0.15) is 0 Å². The second kappa shape index (κ2) is 6.33. The van der Waals surface area contributed by atoms with Gasteiger partial charge in [0, 0.05) is 51.3 Å². The summed E-state index contributed by atoms with van der Waals surface area (Å²) in [5.41, 5.74) is 2.86. The Morgan fingerprint density at radius 2 is 1.92 bits per heavy atom. The fraction of sp³-hybridized carbons (Fsp3) is 0.389. The highest BCUT2D eigenvalue weighted by Gasteiger charge is 2.22. The first-order chi connectivity index (χ1) is 12.1. The molecule has 0 bridgehead atoms. The third kappa shape index (κ3) is 2.80. The summed E-state index contributed by atoms with van der Waals surface area (Å²) in [6.07, 6.45) is 8.76. The quantitative estimate of drug-likeness (QED) is 0.785. The number of nitrogens with zero attached hydrogens (tertiary/aromatic N) is 6. The van der Waals surface area contributed by atoms with Gasteiger partial charge in [-0.1, -0.05) is 0 Å². The monoisotopic (exact) mass is 338 g/mol. The van der Waals surface area contributed by atoms with Crippen LogP contribution in [0.3, 0.4) is 0 Å². The third-order valence-electron chi connectivity index (χ3n) is 4.66.